The number of aliphatic hydroxyl groups is 1. The number of carbonyl (C=O) groups is 1. The van der Waals surface area contributed by atoms with Crippen LogP contribution in [0.4, 0.5) is 4.79 Å². The van der Waals surface area contributed by atoms with Crippen molar-refractivity contribution in [1.82, 2.24) is 10.2 Å². The predicted molar refractivity (Wildman–Crippen MR) is 91.4 cm³/mol. The van der Waals surface area contributed by atoms with Gasteiger partial charge in [-0.05, 0) is 50.7 Å². The number of aryl methyl sites for hydroxylation is 1. The highest BCUT2D eigenvalue weighted by atomic mass is 32.1. The lowest BCUT2D eigenvalue weighted by Crippen LogP contribution is -2.50. The third-order valence-corrected chi connectivity index (χ3v) is 5.89. The number of carbonyl (C=O) groups excluding carboxylic acids is 1. The zero-order valence-electron chi connectivity index (χ0n) is 13.9. The van der Waals surface area contributed by atoms with Crippen molar-refractivity contribution in [1.29, 1.82) is 0 Å². The van der Waals surface area contributed by atoms with Gasteiger partial charge in [-0.3, -0.25) is 0 Å². The first-order valence-corrected chi connectivity index (χ1v) is 9.01. The fraction of sp³-hybridized carbons (Fsp3) is 0.706. The van der Waals surface area contributed by atoms with Gasteiger partial charge >= 0.3 is 6.03 Å². The summed E-state index contributed by atoms with van der Waals surface area (Å²) in [6, 6.07) is 4.43. The Bertz CT molecular complexity index is 487. The molecular weight excluding hydrogens is 296 g/mol. The number of piperidine rings is 1. The maximum atomic E-state index is 12.3. The summed E-state index contributed by atoms with van der Waals surface area (Å²) in [5, 5.41) is 12.7. The highest BCUT2D eigenvalue weighted by Gasteiger charge is 2.34. The largest absolute Gasteiger partial charge is 0.396 e. The van der Waals surface area contributed by atoms with E-state index in [1.807, 2.05) is 4.90 Å². The van der Waals surface area contributed by atoms with Crippen molar-refractivity contribution in [2.24, 2.45) is 5.41 Å². The maximum Gasteiger partial charge on any atom is 0.317 e. The number of thiophene rings is 1. The zero-order chi connectivity index (χ0) is 16.2. The van der Waals surface area contributed by atoms with Crippen molar-refractivity contribution in [3.8, 4) is 0 Å². The van der Waals surface area contributed by atoms with E-state index in [0.29, 0.717) is 0 Å². The second-order valence-corrected chi connectivity index (χ2v) is 7.94. The Hall–Kier alpha value is -1.07. The smallest absolute Gasteiger partial charge is 0.317 e. The molecule has 1 fully saturated rings. The molecule has 0 spiro atoms. The van der Waals surface area contributed by atoms with Crippen molar-refractivity contribution >= 4 is 17.4 Å². The van der Waals surface area contributed by atoms with Crippen LogP contribution >= 0.6 is 11.3 Å². The molecule has 1 aromatic heterocycles. The number of nitrogens with one attached hydrogen (secondary N) is 1. The lowest BCUT2D eigenvalue weighted by molar-refractivity contribution is 0.0516. The van der Waals surface area contributed by atoms with E-state index in [9.17, 15) is 9.90 Å². The Morgan fingerprint density at radius 1 is 1.45 bits per heavy atom. The quantitative estimate of drug-likeness (QED) is 0.874. The molecule has 2 rings (SSSR count). The van der Waals surface area contributed by atoms with Crippen LogP contribution in [-0.2, 0) is 6.42 Å². The van der Waals surface area contributed by atoms with Gasteiger partial charge in [-0.2, -0.15) is 0 Å². The van der Waals surface area contributed by atoms with Crippen molar-refractivity contribution in [3.63, 3.8) is 0 Å². The minimum absolute atomic E-state index is 0.0247. The number of amides is 2. The monoisotopic (exact) mass is 324 g/mol. The number of hydrogen-bond acceptors (Lipinski definition) is 3. The summed E-state index contributed by atoms with van der Waals surface area (Å²) in [5.74, 6) is 0. The summed E-state index contributed by atoms with van der Waals surface area (Å²) in [6.45, 7) is 7.99. The van der Waals surface area contributed by atoms with E-state index >= 15 is 0 Å². The molecule has 1 aliphatic rings. The molecule has 1 aliphatic heterocycles. The van der Waals surface area contributed by atoms with E-state index < -0.39 is 0 Å². The Morgan fingerprint density at radius 3 is 2.64 bits per heavy atom. The van der Waals surface area contributed by atoms with E-state index in [0.717, 1.165) is 38.8 Å². The average molecular weight is 324 g/mol. The third-order valence-electron chi connectivity index (χ3n) is 4.87. The first kappa shape index (κ1) is 17.3. The molecule has 5 heteroatoms. The van der Waals surface area contributed by atoms with Crippen LogP contribution < -0.4 is 5.32 Å². The molecule has 2 N–H and O–H groups in total. The first-order chi connectivity index (χ1) is 10.5. The Balaban J connectivity index is 1.80. The Kier molecular flexibility index (Phi) is 5.87. The van der Waals surface area contributed by atoms with E-state index in [-0.39, 0.29) is 24.1 Å². The number of hydrogen-bond donors (Lipinski definition) is 2. The summed E-state index contributed by atoms with van der Waals surface area (Å²) in [5.41, 5.74) is 0.0247. The van der Waals surface area contributed by atoms with Gasteiger partial charge in [0.15, 0.2) is 0 Å². The van der Waals surface area contributed by atoms with Gasteiger partial charge in [0.05, 0.1) is 0 Å². The van der Waals surface area contributed by atoms with Crippen LogP contribution in [0.1, 0.15) is 42.9 Å². The van der Waals surface area contributed by atoms with E-state index in [1.165, 1.54) is 9.75 Å². The van der Waals surface area contributed by atoms with E-state index in [4.69, 9.17) is 0 Å². The topological polar surface area (TPSA) is 52.6 Å². The fourth-order valence-electron chi connectivity index (χ4n) is 3.06. The molecule has 1 atom stereocenters. The molecule has 2 amide bonds. The average Bonchev–Trinajstić information content (AvgIpc) is 2.92. The van der Waals surface area contributed by atoms with Crippen LogP contribution in [0.3, 0.4) is 0 Å². The maximum absolute atomic E-state index is 12.3. The second-order valence-electron chi connectivity index (χ2n) is 6.57. The minimum atomic E-state index is 0.0247. The number of rotatable bonds is 5. The summed E-state index contributed by atoms with van der Waals surface area (Å²) < 4.78 is 0. The van der Waals surface area contributed by atoms with Crippen molar-refractivity contribution < 1.29 is 9.90 Å². The summed E-state index contributed by atoms with van der Waals surface area (Å²) in [4.78, 5) is 16.9. The predicted octanol–water partition coefficient (Wildman–Crippen LogP) is 3.18. The molecular formula is C17H28N2O2S. The number of aliphatic hydroxyl groups excluding tert-OH is 1. The van der Waals surface area contributed by atoms with Gasteiger partial charge in [0.2, 0.25) is 0 Å². The molecule has 0 bridgehead atoms. The molecule has 0 aliphatic carbocycles. The molecule has 0 radical (unpaired) electrons. The SMILES string of the molecule is CCC1(CO)CCN(C(=O)NC(C)Cc2ccc(C)s2)CC1. The molecule has 0 aromatic carbocycles. The Morgan fingerprint density at radius 2 is 2.14 bits per heavy atom. The van der Waals surface area contributed by atoms with E-state index in [1.54, 1.807) is 11.3 Å². The molecule has 1 aromatic rings. The van der Waals surface area contributed by atoms with Crippen LogP contribution in [0.5, 0.6) is 0 Å². The summed E-state index contributed by atoms with van der Waals surface area (Å²) >= 11 is 1.79. The van der Waals surface area contributed by atoms with Crippen LogP contribution in [0.25, 0.3) is 0 Å². The van der Waals surface area contributed by atoms with Gasteiger partial charge in [0.25, 0.3) is 0 Å². The van der Waals surface area contributed by atoms with Gasteiger partial charge in [-0.1, -0.05) is 6.92 Å². The number of urea groups is 1. The lowest BCUT2D eigenvalue weighted by Gasteiger charge is -2.40. The Labute approximate surface area is 137 Å². The lowest BCUT2D eigenvalue weighted by atomic mass is 9.77. The van der Waals surface area contributed by atoms with Crippen molar-refractivity contribution in [3.05, 3.63) is 21.9 Å². The van der Waals surface area contributed by atoms with Gasteiger partial charge in [-0.15, -0.1) is 11.3 Å². The highest BCUT2D eigenvalue weighted by Crippen LogP contribution is 2.34. The van der Waals surface area contributed by atoms with E-state index in [2.05, 4.69) is 38.2 Å². The van der Waals surface area contributed by atoms with Crippen molar-refractivity contribution in [2.45, 2.75) is 52.5 Å². The van der Waals surface area contributed by atoms with Crippen LogP contribution in [-0.4, -0.2) is 41.8 Å². The number of nitrogens with zero attached hydrogens (tertiary/aromatic N) is 1. The number of likely N-dealkylation sites (tertiary alicyclic amines) is 1. The van der Waals surface area contributed by atoms with Gasteiger partial charge < -0.3 is 15.3 Å². The summed E-state index contributed by atoms with van der Waals surface area (Å²) in [7, 11) is 0. The van der Waals surface area contributed by atoms with Crippen LogP contribution in [0.15, 0.2) is 12.1 Å². The molecule has 1 unspecified atom stereocenters. The molecule has 1 saturated heterocycles. The molecule has 2 heterocycles. The third kappa shape index (κ3) is 4.23. The molecule has 0 saturated carbocycles. The van der Waals surface area contributed by atoms with Crippen LogP contribution in [0.2, 0.25) is 0 Å². The van der Waals surface area contributed by atoms with Crippen molar-refractivity contribution in [2.75, 3.05) is 19.7 Å². The minimum Gasteiger partial charge on any atom is -0.396 e. The standard InChI is InChI=1S/C17H28N2O2S/c1-4-17(12-20)7-9-19(10-8-17)16(21)18-13(2)11-15-6-5-14(3)22-15/h5-6,13,20H,4,7-12H2,1-3H3,(H,18,21). The molecule has 4 nitrogen and oxygen atoms in total. The van der Waals surface area contributed by atoms with Gasteiger partial charge in [0, 0.05) is 41.9 Å². The second kappa shape index (κ2) is 7.47. The molecule has 124 valence electrons. The highest BCUT2D eigenvalue weighted by molar-refractivity contribution is 7.11. The first-order valence-electron chi connectivity index (χ1n) is 8.19. The van der Waals surface area contributed by atoms with Crippen LogP contribution in [0, 0.1) is 12.3 Å². The fourth-order valence-corrected chi connectivity index (χ4v) is 4.08. The molecule has 22 heavy (non-hydrogen) atoms. The normalized spacial score (nSPS) is 19.0. The van der Waals surface area contributed by atoms with Gasteiger partial charge in [-0.25, -0.2) is 4.79 Å². The summed E-state index contributed by atoms with van der Waals surface area (Å²) in [6.07, 6.45) is 3.65. The van der Waals surface area contributed by atoms with Gasteiger partial charge in [0.1, 0.15) is 0 Å². The zero-order valence-corrected chi connectivity index (χ0v) is 14.7.